The fourth-order valence-electron chi connectivity index (χ4n) is 2.97. The molecule has 2 amide bonds. The number of carbonyl (C=O) groups excluding carboxylic acids is 2. The van der Waals surface area contributed by atoms with Crippen LogP contribution in [0.2, 0.25) is 0 Å². The zero-order valence-corrected chi connectivity index (χ0v) is 12.6. The highest BCUT2D eigenvalue weighted by Gasteiger charge is 2.38. The van der Waals surface area contributed by atoms with Gasteiger partial charge in [-0.05, 0) is 13.8 Å². The van der Waals surface area contributed by atoms with Gasteiger partial charge in [0.2, 0.25) is 11.8 Å². The van der Waals surface area contributed by atoms with Crippen LogP contribution in [0, 0.1) is 5.92 Å². The summed E-state index contributed by atoms with van der Waals surface area (Å²) in [7, 11) is 0. The maximum Gasteiger partial charge on any atom is 0.317 e. The zero-order chi connectivity index (χ0) is 15.6. The van der Waals surface area contributed by atoms with Crippen molar-refractivity contribution in [3.63, 3.8) is 0 Å². The van der Waals surface area contributed by atoms with Crippen molar-refractivity contribution in [3.05, 3.63) is 0 Å². The molecular weight excluding hydrogens is 274 g/mol. The van der Waals surface area contributed by atoms with Gasteiger partial charge in [0.15, 0.2) is 0 Å². The van der Waals surface area contributed by atoms with Gasteiger partial charge in [0.25, 0.3) is 0 Å². The summed E-state index contributed by atoms with van der Waals surface area (Å²) in [5, 5.41) is 8.76. The van der Waals surface area contributed by atoms with E-state index in [1.807, 2.05) is 18.7 Å². The molecule has 2 aliphatic rings. The second-order valence-electron chi connectivity index (χ2n) is 6.04. The van der Waals surface area contributed by atoms with Gasteiger partial charge in [-0.1, -0.05) is 0 Å². The molecule has 0 bridgehead atoms. The van der Waals surface area contributed by atoms with Crippen LogP contribution in [0.25, 0.3) is 0 Å². The number of hydrogen-bond donors (Lipinski definition) is 1. The van der Waals surface area contributed by atoms with Crippen molar-refractivity contribution in [1.82, 2.24) is 14.7 Å². The van der Waals surface area contributed by atoms with Crippen LogP contribution in [-0.2, 0) is 14.4 Å². The topological polar surface area (TPSA) is 81.2 Å². The summed E-state index contributed by atoms with van der Waals surface area (Å²) in [6, 6.07) is 0.128. The van der Waals surface area contributed by atoms with Crippen LogP contribution < -0.4 is 0 Å². The van der Waals surface area contributed by atoms with Gasteiger partial charge < -0.3 is 14.9 Å². The molecule has 0 spiro atoms. The molecule has 1 unspecified atom stereocenters. The molecule has 0 saturated carbocycles. The molecule has 2 heterocycles. The predicted octanol–water partition coefficient (Wildman–Crippen LogP) is -0.528. The van der Waals surface area contributed by atoms with E-state index >= 15 is 0 Å². The van der Waals surface area contributed by atoms with Gasteiger partial charge >= 0.3 is 5.97 Å². The van der Waals surface area contributed by atoms with Crippen LogP contribution in [0.5, 0.6) is 0 Å². The van der Waals surface area contributed by atoms with Gasteiger partial charge in [-0.3, -0.25) is 19.3 Å². The molecule has 21 heavy (non-hydrogen) atoms. The van der Waals surface area contributed by atoms with Gasteiger partial charge in [0.1, 0.15) is 0 Å². The second kappa shape index (κ2) is 6.43. The lowest BCUT2D eigenvalue weighted by molar-refractivity contribution is -0.140. The SMILES string of the molecule is CC(C)N1CC(C(=O)N2CCN(CC(=O)O)CC2)CC1=O. The number of hydrogen-bond acceptors (Lipinski definition) is 4. The molecule has 0 aliphatic carbocycles. The van der Waals surface area contributed by atoms with E-state index in [4.69, 9.17) is 5.11 Å². The molecule has 1 atom stereocenters. The maximum absolute atomic E-state index is 12.5. The summed E-state index contributed by atoms with van der Waals surface area (Å²) in [5.41, 5.74) is 0. The Kier molecular flexibility index (Phi) is 4.82. The molecule has 2 saturated heterocycles. The number of aliphatic carboxylic acids is 1. The van der Waals surface area contributed by atoms with Crippen LogP contribution >= 0.6 is 0 Å². The van der Waals surface area contributed by atoms with E-state index in [1.54, 1.807) is 9.80 Å². The summed E-state index contributed by atoms with van der Waals surface area (Å²) >= 11 is 0. The van der Waals surface area contributed by atoms with Crippen LogP contribution in [0.15, 0.2) is 0 Å². The molecule has 2 rings (SSSR count). The third kappa shape index (κ3) is 3.72. The summed E-state index contributed by atoms with van der Waals surface area (Å²) in [4.78, 5) is 40.3. The van der Waals surface area contributed by atoms with E-state index in [9.17, 15) is 14.4 Å². The van der Waals surface area contributed by atoms with Crippen molar-refractivity contribution in [3.8, 4) is 0 Å². The number of carboxylic acids is 1. The minimum atomic E-state index is -0.844. The Labute approximate surface area is 124 Å². The van der Waals surface area contributed by atoms with Crippen molar-refractivity contribution in [2.75, 3.05) is 39.3 Å². The van der Waals surface area contributed by atoms with Crippen molar-refractivity contribution in [1.29, 1.82) is 0 Å². The monoisotopic (exact) mass is 297 g/mol. The highest BCUT2D eigenvalue weighted by molar-refractivity contribution is 5.89. The highest BCUT2D eigenvalue weighted by Crippen LogP contribution is 2.22. The Hall–Kier alpha value is -1.63. The molecule has 0 aromatic carbocycles. The number of carbonyl (C=O) groups is 3. The number of piperazine rings is 1. The number of amides is 2. The summed E-state index contributed by atoms with van der Waals surface area (Å²) < 4.78 is 0. The lowest BCUT2D eigenvalue weighted by Crippen LogP contribution is -2.51. The number of rotatable bonds is 4. The molecule has 2 fully saturated rings. The van der Waals surface area contributed by atoms with Gasteiger partial charge in [0.05, 0.1) is 12.5 Å². The summed E-state index contributed by atoms with van der Waals surface area (Å²) in [6.07, 6.45) is 0.298. The normalized spacial score (nSPS) is 24.0. The van der Waals surface area contributed by atoms with Crippen LogP contribution in [0.1, 0.15) is 20.3 Å². The van der Waals surface area contributed by atoms with Gasteiger partial charge in [0, 0.05) is 45.2 Å². The van der Waals surface area contributed by atoms with E-state index in [0.717, 1.165) is 0 Å². The minimum absolute atomic E-state index is 0.0189. The molecule has 7 heteroatoms. The first-order valence-corrected chi connectivity index (χ1v) is 7.41. The lowest BCUT2D eigenvalue weighted by Gasteiger charge is -2.35. The molecule has 0 aromatic rings. The van der Waals surface area contributed by atoms with E-state index in [0.29, 0.717) is 39.1 Å². The first-order chi connectivity index (χ1) is 9.88. The van der Waals surface area contributed by atoms with E-state index in [-0.39, 0.29) is 30.3 Å². The Bertz CT molecular complexity index is 430. The molecule has 2 aliphatic heterocycles. The quantitative estimate of drug-likeness (QED) is 0.754. The van der Waals surface area contributed by atoms with Gasteiger partial charge in [-0.2, -0.15) is 0 Å². The van der Waals surface area contributed by atoms with Crippen molar-refractivity contribution in [2.45, 2.75) is 26.3 Å². The minimum Gasteiger partial charge on any atom is -0.480 e. The Morgan fingerprint density at radius 2 is 1.86 bits per heavy atom. The van der Waals surface area contributed by atoms with E-state index < -0.39 is 5.97 Å². The molecular formula is C14H23N3O4. The highest BCUT2D eigenvalue weighted by atomic mass is 16.4. The van der Waals surface area contributed by atoms with Crippen molar-refractivity contribution in [2.24, 2.45) is 5.92 Å². The summed E-state index contributed by atoms with van der Waals surface area (Å²) in [6.45, 7) is 6.66. The molecule has 118 valence electrons. The fraction of sp³-hybridized carbons (Fsp3) is 0.786. The lowest BCUT2D eigenvalue weighted by atomic mass is 10.1. The maximum atomic E-state index is 12.5. The average Bonchev–Trinajstić information content (AvgIpc) is 2.80. The van der Waals surface area contributed by atoms with Crippen molar-refractivity contribution >= 4 is 17.8 Å². The van der Waals surface area contributed by atoms with E-state index in [2.05, 4.69) is 0 Å². The summed E-state index contributed by atoms with van der Waals surface area (Å²) in [5.74, 6) is -1.01. The number of nitrogens with zero attached hydrogens (tertiary/aromatic N) is 3. The standard InChI is InChI=1S/C14H23N3O4/c1-10(2)17-8-11(7-12(17)18)14(21)16-5-3-15(4-6-16)9-13(19)20/h10-11H,3-9H2,1-2H3,(H,19,20). The zero-order valence-electron chi connectivity index (χ0n) is 12.6. The second-order valence-corrected chi connectivity index (χ2v) is 6.04. The third-order valence-electron chi connectivity index (χ3n) is 4.17. The molecule has 0 radical (unpaired) electrons. The third-order valence-corrected chi connectivity index (χ3v) is 4.17. The Morgan fingerprint density at radius 1 is 1.24 bits per heavy atom. The first-order valence-electron chi connectivity index (χ1n) is 7.41. The van der Waals surface area contributed by atoms with Gasteiger partial charge in [-0.25, -0.2) is 0 Å². The largest absolute Gasteiger partial charge is 0.480 e. The van der Waals surface area contributed by atoms with Crippen LogP contribution in [-0.4, -0.2) is 82.9 Å². The molecule has 0 aromatic heterocycles. The first kappa shape index (κ1) is 15.8. The molecule has 1 N–H and O–H groups in total. The Morgan fingerprint density at radius 3 is 2.33 bits per heavy atom. The molecule has 7 nitrogen and oxygen atoms in total. The van der Waals surface area contributed by atoms with Crippen LogP contribution in [0.4, 0.5) is 0 Å². The van der Waals surface area contributed by atoms with Crippen LogP contribution in [0.3, 0.4) is 0 Å². The smallest absolute Gasteiger partial charge is 0.317 e. The van der Waals surface area contributed by atoms with E-state index in [1.165, 1.54) is 0 Å². The Balaban J connectivity index is 1.85. The average molecular weight is 297 g/mol. The van der Waals surface area contributed by atoms with Crippen molar-refractivity contribution < 1.29 is 19.5 Å². The predicted molar refractivity (Wildman–Crippen MR) is 75.6 cm³/mol. The fourth-order valence-corrected chi connectivity index (χ4v) is 2.97. The van der Waals surface area contributed by atoms with Gasteiger partial charge in [-0.15, -0.1) is 0 Å². The number of likely N-dealkylation sites (tertiary alicyclic amines) is 1. The number of carboxylic acid groups (broad SMARTS) is 1.